The molecule has 1 saturated heterocycles. The summed E-state index contributed by atoms with van der Waals surface area (Å²) in [6, 6.07) is 7.51. The first-order valence-electron chi connectivity index (χ1n) is 6.98. The highest BCUT2D eigenvalue weighted by Gasteiger charge is 2.51. The van der Waals surface area contributed by atoms with Crippen molar-refractivity contribution < 1.29 is 9.90 Å². The van der Waals surface area contributed by atoms with Gasteiger partial charge in [0.1, 0.15) is 0 Å². The van der Waals surface area contributed by atoms with Crippen LogP contribution in [0.4, 0.5) is 10.5 Å². The molecule has 4 heteroatoms. The van der Waals surface area contributed by atoms with Crippen LogP contribution in [0.2, 0.25) is 0 Å². The third-order valence-corrected chi connectivity index (χ3v) is 4.37. The van der Waals surface area contributed by atoms with Crippen LogP contribution in [-0.4, -0.2) is 22.9 Å². The Hall–Kier alpha value is -1.55. The average Bonchev–Trinajstić information content (AvgIpc) is 2.64. The zero-order valence-electron chi connectivity index (χ0n) is 11.2. The molecule has 0 radical (unpaired) electrons. The number of carbonyl (C=O) groups is 1. The van der Waals surface area contributed by atoms with Gasteiger partial charge in [-0.1, -0.05) is 37.0 Å². The number of nitrogens with one attached hydrogen (secondary N) is 1. The summed E-state index contributed by atoms with van der Waals surface area (Å²) in [7, 11) is 0. The van der Waals surface area contributed by atoms with Crippen molar-refractivity contribution in [2.45, 2.75) is 50.8 Å². The quantitative estimate of drug-likeness (QED) is 0.815. The van der Waals surface area contributed by atoms with Crippen molar-refractivity contribution in [2.75, 3.05) is 4.90 Å². The Kier molecular flexibility index (Phi) is 2.97. The Bertz CT molecular complexity index is 477. The predicted octanol–water partition coefficient (Wildman–Crippen LogP) is 2.55. The van der Waals surface area contributed by atoms with Crippen LogP contribution in [-0.2, 0) is 0 Å². The van der Waals surface area contributed by atoms with Crippen LogP contribution < -0.4 is 10.2 Å². The highest BCUT2D eigenvalue weighted by atomic mass is 16.3. The molecule has 0 bridgehead atoms. The number of anilines is 1. The molecule has 2 aliphatic rings. The Balaban J connectivity index is 1.90. The van der Waals surface area contributed by atoms with Crippen molar-refractivity contribution in [1.29, 1.82) is 0 Å². The number of aliphatic hydroxyl groups is 1. The first kappa shape index (κ1) is 12.5. The number of benzene rings is 1. The maximum Gasteiger partial charge on any atom is 0.324 e. The summed E-state index contributed by atoms with van der Waals surface area (Å²) in [5.74, 6) is 0. The summed E-state index contributed by atoms with van der Waals surface area (Å²) in [6.07, 6.45) is 4.29. The fourth-order valence-electron chi connectivity index (χ4n) is 3.23. The summed E-state index contributed by atoms with van der Waals surface area (Å²) in [5.41, 5.74) is 1.46. The lowest BCUT2D eigenvalue weighted by molar-refractivity contribution is 0.0719. The van der Waals surface area contributed by atoms with Gasteiger partial charge in [0, 0.05) is 5.69 Å². The summed E-state index contributed by atoms with van der Waals surface area (Å²) >= 11 is 0. The molecule has 4 nitrogen and oxygen atoms in total. The van der Waals surface area contributed by atoms with Gasteiger partial charge in [-0.2, -0.15) is 0 Å². The first-order chi connectivity index (χ1) is 9.12. The summed E-state index contributed by atoms with van der Waals surface area (Å²) in [5, 5.41) is 13.6. The number of carbonyl (C=O) groups excluding carboxylic acids is 1. The van der Waals surface area contributed by atoms with E-state index in [4.69, 9.17) is 0 Å². The lowest BCUT2D eigenvalue weighted by Gasteiger charge is -2.36. The SMILES string of the molecule is Cc1ccc(N2C(=O)NC3(CCCCC3)C2O)cc1. The van der Waals surface area contributed by atoms with E-state index in [2.05, 4.69) is 5.32 Å². The predicted molar refractivity (Wildman–Crippen MR) is 74.0 cm³/mol. The number of amides is 2. The molecule has 1 saturated carbocycles. The Morgan fingerprint density at radius 2 is 1.84 bits per heavy atom. The second-order valence-corrected chi connectivity index (χ2v) is 5.73. The monoisotopic (exact) mass is 260 g/mol. The molecular formula is C15H20N2O2. The number of urea groups is 1. The number of rotatable bonds is 1. The van der Waals surface area contributed by atoms with Crippen molar-refractivity contribution in [3.05, 3.63) is 29.8 Å². The van der Waals surface area contributed by atoms with E-state index in [1.807, 2.05) is 31.2 Å². The number of aryl methyl sites for hydroxylation is 1. The van der Waals surface area contributed by atoms with Gasteiger partial charge in [0.15, 0.2) is 6.23 Å². The van der Waals surface area contributed by atoms with Crippen LogP contribution in [0.15, 0.2) is 24.3 Å². The van der Waals surface area contributed by atoms with E-state index in [0.29, 0.717) is 0 Å². The Labute approximate surface area is 113 Å². The van der Waals surface area contributed by atoms with Gasteiger partial charge in [-0.15, -0.1) is 0 Å². The average molecular weight is 260 g/mol. The van der Waals surface area contributed by atoms with Gasteiger partial charge >= 0.3 is 6.03 Å². The van der Waals surface area contributed by atoms with Gasteiger partial charge in [0.2, 0.25) is 0 Å². The summed E-state index contributed by atoms with van der Waals surface area (Å²) < 4.78 is 0. The van der Waals surface area contributed by atoms with Gasteiger partial charge in [-0.3, -0.25) is 4.90 Å². The molecule has 1 aromatic carbocycles. The number of hydrogen-bond acceptors (Lipinski definition) is 2. The molecular weight excluding hydrogens is 240 g/mol. The molecule has 2 fully saturated rings. The third kappa shape index (κ3) is 2.00. The van der Waals surface area contributed by atoms with Crippen LogP contribution in [0.1, 0.15) is 37.7 Å². The third-order valence-electron chi connectivity index (χ3n) is 4.37. The van der Waals surface area contributed by atoms with E-state index >= 15 is 0 Å². The van der Waals surface area contributed by atoms with Crippen LogP contribution in [0.5, 0.6) is 0 Å². The lowest BCUT2D eigenvalue weighted by Crippen LogP contribution is -2.51. The molecule has 1 heterocycles. The topological polar surface area (TPSA) is 52.6 Å². The number of hydrogen-bond donors (Lipinski definition) is 2. The van der Waals surface area contributed by atoms with Gasteiger partial charge < -0.3 is 10.4 Å². The second kappa shape index (κ2) is 4.53. The minimum atomic E-state index is -0.761. The molecule has 2 N–H and O–H groups in total. The maximum atomic E-state index is 12.2. The van der Waals surface area contributed by atoms with E-state index in [1.54, 1.807) is 0 Å². The first-order valence-corrected chi connectivity index (χ1v) is 6.98. The number of aliphatic hydroxyl groups excluding tert-OH is 1. The van der Waals surface area contributed by atoms with E-state index < -0.39 is 11.8 Å². The Morgan fingerprint density at radius 3 is 2.47 bits per heavy atom. The van der Waals surface area contributed by atoms with Crippen molar-refractivity contribution in [2.24, 2.45) is 0 Å². The van der Waals surface area contributed by atoms with Crippen molar-refractivity contribution >= 4 is 11.7 Å². The van der Waals surface area contributed by atoms with Gasteiger partial charge in [0.05, 0.1) is 5.54 Å². The van der Waals surface area contributed by atoms with Gasteiger partial charge in [-0.05, 0) is 31.9 Å². The van der Waals surface area contributed by atoms with Crippen molar-refractivity contribution in [1.82, 2.24) is 5.32 Å². The minimum absolute atomic E-state index is 0.182. The largest absolute Gasteiger partial charge is 0.371 e. The highest BCUT2D eigenvalue weighted by molar-refractivity contribution is 5.95. The molecule has 1 aliphatic carbocycles. The van der Waals surface area contributed by atoms with Crippen LogP contribution in [0.3, 0.4) is 0 Å². The molecule has 3 rings (SSSR count). The van der Waals surface area contributed by atoms with Crippen LogP contribution >= 0.6 is 0 Å². The standard InChI is InChI=1S/C15H20N2O2/c1-11-5-7-12(8-6-11)17-13(18)15(16-14(17)19)9-3-2-4-10-15/h5-8,13,18H,2-4,9-10H2,1H3,(H,16,19). The highest BCUT2D eigenvalue weighted by Crippen LogP contribution is 2.38. The molecule has 1 aliphatic heterocycles. The molecule has 0 aromatic heterocycles. The van der Waals surface area contributed by atoms with Crippen LogP contribution in [0, 0.1) is 6.92 Å². The summed E-state index contributed by atoms with van der Waals surface area (Å²) in [4.78, 5) is 13.7. The Morgan fingerprint density at radius 1 is 1.21 bits per heavy atom. The fraction of sp³-hybridized carbons (Fsp3) is 0.533. The van der Waals surface area contributed by atoms with E-state index in [0.717, 1.165) is 36.9 Å². The lowest BCUT2D eigenvalue weighted by atomic mass is 9.81. The van der Waals surface area contributed by atoms with Gasteiger partial charge in [0.25, 0.3) is 0 Å². The molecule has 2 amide bonds. The molecule has 1 aromatic rings. The normalized spacial score (nSPS) is 25.7. The van der Waals surface area contributed by atoms with Gasteiger partial charge in [-0.25, -0.2) is 4.79 Å². The summed E-state index contributed by atoms with van der Waals surface area (Å²) in [6.45, 7) is 2.01. The zero-order chi connectivity index (χ0) is 13.5. The van der Waals surface area contributed by atoms with E-state index in [9.17, 15) is 9.90 Å². The fourth-order valence-corrected chi connectivity index (χ4v) is 3.23. The smallest absolute Gasteiger partial charge is 0.324 e. The molecule has 1 unspecified atom stereocenters. The molecule has 1 atom stereocenters. The van der Waals surface area contributed by atoms with Crippen molar-refractivity contribution in [3.8, 4) is 0 Å². The molecule has 1 spiro atoms. The van der Waals surface area contributed by atoms with Crippen LogP contribution in [0.25, 0.3) is 0 Å². The number of nitrogens with zero attached hydrogens (tertiary/aromatic N) is 1. The zero-order valence-corrected chi connectivity index (χ0v) is 11.2. The maximum absolute atomic E-state index is 12.2. The van der Waals surface area contributed by atoms with Crippen molar-refractivity contribution in [3.63, 3.8) is 0 Å². The molecule has 19 heavy (non-hydrogen) atoms. The van der Waals surface area contributed by atoms with E-state index in [-0.39, 0.29) is 6.03 Å². The minimum Gasteiger partial charge on any atom is -0.371 e. The van der Waals surface area contributed by atoms with E-state index in [1.165, 1.54) is 11.3 Å². The second-order valence-electron chi connectivity index (χ2n) is 5.73. The molecule has 102 valence electrons.